The van der Waals surface area contributed by atoms with Crippen LogP contribution in [0.15, 0.2) is 36.5 Å². The first-order chi connectivity index (χ1) is 10.1. The van der Waals surface area contributed by atoms with Crippen molar-refractivity contribution < 1.29 is 4.92 Å². The van der Waals surface area contributed by atoms with Crippen LogP contribution in [0.4, 0.5) is 11.4 Å². The van der Waals surface area contributed by atoms with E-state index >= 15 is 0 Å². The van der Waals surface area contributed by atoms with E-state index in [1.807, 2.05) is 12.1 Å². The highest BCUT2D eigenvalue weighted by Crippen LogP contribution is 2.32. The van der Waals surface area contributed by atoms with Gasteiger partial charge in [-0.25, -0.2) is 0 Å². The Labute approximate surface area is 123 Å². The number of fused-ring (bicyclic) bond motifs is 1. The highest BCUT2D eigenvalue weighted by Gasteiger charge is 2.21. The molecule has 1 aliphatic rings. The predicted molar refractivity (Wildman–Crippen MR) is 81.4 cm³/mol. The first-order valence-corrected chi connectivity index (χ1v) is 7.10. The van der Waals surface area contributed by atoms with Gasteiger partial charge in [0.05, 0.1) is 16.7 Å². The molecular weight excluding hydrogens is 266 g/mol. The lowest BCUT2D eigenvalue weighted by molar-refractivity contribution is -0.385. The van der Waals surface area contributed by atoms with Gasteiger partial charge in [0.1, 0.15) is 0 Å². The number of nitro benzene ring substituents is 1. The summed E-state index contributed by atoms with van der Waals surface area (Å²) in [5.74, 6) is 0. The molecule has 1 aliphatic carbocycles. The van der Waals surface area contributed by atoms with Gasteiger partial charge in [-0.05, 0) is 43.9 Å². The summed E-state index contributed by atoms with van der Waals surface area (Å²) >= 11 is 0. The number of nitro groups is 1. The molecule has 0 fully saturated rings. The summed E-state index contributed by atoms with van der Waals surface area (Å²) in [6.07, 6.45) is 4.95. The van der Waals surface area contributed by atoms with Crippen molar-refractivity contribution in [1.82, 2.24) is 4.98 Å². The SMILES string of the molecule is Cc1ccc(NC2CCCc3cccnc32)cc1[N+](=O)[O-]. The smallest absolute Gasteiger partial charge is 0.274 e. The normalized spacial score (nSPS) is 17.1. The molecule has 0 amide bonds. The molecule has 0 aliphatic heterocycles. The Kier molecular flexibility index (Phi) is 3.56. The van der Waals surface area contributed by atoms with Crippen molar-refractivity contribution in [3.8, 4) is 0 Å². The molecule has 3 rings (SSSR count). The van der Waals surface area contributed by atoms with Crippen LogP contribution in [0.3, 0.4) is 0 Å². The Morgan fingerprint density at radius 1 is 1.38 bits per heavy atom. The number of nitrogens with one attached hydrogen (secondary N) is 1. The molecule has 1 aromatic heterocycles. The Morgan fingerprint density at radius 3 is 3.05 bits per heavy atom. The molecule has 2 aromatic rings. The largest absolute Gasteiger partial charge is 0.376 e. The fourth-order valence-corrected chi connectivity index (χ4v) is 2.85. The summed E-state index contributed by atoms with van der Waals surface area (Å²) in [7, 11) is 0. The highest BCUT2D eigenvalue weighted by molar-refractivity contribution is 5.56. The summed E-state index contributed by atoms with van der Waals surface area (Å²) < 4.78 is 0. The summed E-state index contributed by atoms with van der Waals surface area (Å²) in [4.78, 5) is 15.2. The third-order valence-corrected chi connectivity index (χ3v) is 3.94. The summed E-state index contributed by atoms with van der Waals surface area (Å²) in [6, 6.07) is 9.46. The van der Waals surface area contributed by atoms with E-state index in [4.69, 9.17) is 0 Å². The standard InChI is InChI=1S/C16H17N3O2/c1-11-7-8-13(10-15(11)19(20)21)18-14-6-2-4-12-5-3-9-17-16(12)14/h3,5,7-10,14,18H,2,4,6H2,1H3. The molecule has 0 saturated heterocycles. The first kappa shape index (κ1) is 13.5. The van der Waals surface area contributed by atoms with Crippen LogP contribution in [-0.2, 0) is 6.42 Å². The lowest BCUT2D eigenvalue weighted by atomic mass is 9.91. The molecule has 1 unspecified atom stereocenters. The molecule has 0 radical (unpaired) electrons. The molecule has 0 spiro atoms. The Balaban J connectivity index is 1.88. The van der Waals surface area contributed by atoms with Crippen molar-refractivity contribution in [2.75, 3.05) is 5.32 Å². The van der Waals surface area contributed by atoms with E-state index < -0.39 is 0 Å². The maximum absolute atomic E-state index is 11.0. The number of aromatic nitrogens is 1. The highest BCUT2D eigenvalue weighted by atomic mass is 16.6. The van der Waals surface area contributed by atoms with Crippen LogP contribution in [-0.4, -0.2) is 9.91 Å². The Bertz CT molecular complexity index is 685. The number of pyridine rings is 1. The van der Waals surface area contributed by atoms with E-state index in [1.54, 1.807) is 25.3 Å². The third-order valence-electron chi connectivity index (χ3n) is 3.94. The van der Waals surface area contributed by atoms with Gasteiger partial charge in [0, 0.05) is 23.5 Å². The lowest BCUT2D eigenvalue weighted by Gasteiger charge is -2.26. The minimum Gasteiger partial charge on any atom is -0.376 e. The summed E-state index contributed by atoms with van der Waals surface area (Å²) in [6.45, 7) is 1.75. The molecule has 5 nitrogen and oxygen atoms in total. The third kappa shape index (κ3) is 2.72. The molecule has 0 bridgehead atoms. The van der Waals surface area contributed by atoms with Crippen LogP contribution in [0.1, 0.15) is 35.7 Å². The molecule has 21 heavy (non-hydrogen) atoms. The maximum Gasteiger partial charge on any atom is 0.274 e. The van der Waals surface area contributed by atoms with Crippen LogP contribution < -0.4 is 5.32 Å². The quantitative estimate of drug-likeness (QED) is 0.687. The second kappa shape index (κ2) is 5.52. The van der Waals surface area contributed by atoms with Gasteiger partial charge < -0.3 is 5.32 Å². The van der Waals surface area contributed by atoms with Crippen molar-refractivity contribution in [1.29, 1.82) is 0 Å². The topological polar surface area (TPSA) is 68.1 Å². The number of aryl methyl sites for hydroxylation is 2. The van der Waals surface area contributed by atoms with Gasteiger partial charge in [0.25, 0.3) is 5.69 Å². The van der Waals surface area contributed by atoms with E-state index in [9.17, 15) is 10.1 Å². The van der Waals surface area contributed by atoms with Crippen LogP contribution in [0.5, 0.6) is 0 Å². The molecule has 5 heteroatoms. The number of nitrogens with zero attached hydrogens (tertiary/aromatic N) is 2. The molecule has 1 atom stereocenters. The van der Waals surface area contributed by atoms with Gasteiger partial charge in [0.2, 0.25) is 0 Å². The zero-order valence-electron chi connectivity index (χ0n) is 11.9. The number of hydrogen-bond donors (Lipinski definition) is 1. The molecule has 1 heterocycles. The number of benzene rings is 1. The maximum atomic E-state index is 11.0. The molecular formula is C16H17N3O2. The number of rotatable bonds is 3. The van der Waals surface area contributed by atoms with Crippen molar-refractivity contribution in [3.05, 3.63) is 63.5 Å². The second-order valence-electron chi connectivity index (χ2n) is 5.40. The summed E-state index contributed by atoms with van der Waals surface area (Å²) in [5.41, 5.74) is 3.93. The Hall–Kier alpha value is -2.43. The number of hydrogen-bond acceptors (Lipinski definition) is 4. The Morgan fingerprint density at radius 2 is 2.24 bits per heavy atom. The fraction of sp³-hybridized carbons (Fsp3) is 0.312. The van der Waals surface area contributed by atoms with Gasteiger partial charge in [-0.2, -0.15) is 0 Å². The molecule has 108 valence electrons. The van der Waals surface area contributed by atoms with Crippen LogP contribution >= 0.6 is 0 Å². The average molecular weight is 283 g/mol. The van der Waals surface area contributed by atoms with Gasteiger partial charge >= 0.3 is 0 Å². The van der Waals surface area contributed by atoms with E-state index in [0.29, 0.717) is 5.56 Å². The van der Waals surface area contributed by atoms with Crippen LogP contribution in [0.25, 0.3) is 0 Å². The molecule has 0 saturated carbocycles. The van der Waals surface area contributed by atoms with E-state index in [1.165, 1.54) is 5.56 Å². The predicted octanol–water partition coefficient (Wildman–Crippen LogP) is 3.79. The van der Waals surface area contributed by atoms with E-state index in [2.05, 4.69) is 16.4 Å². The van der Waals surface area contributed by atoms with Gasteiger partial charge in [0.15, 0.2) is 0 Å². The van der Waals surface area contributed by atoms with E-state index in [-0.39, 0.29) is 16.7 Å². The summed E-state index contributed by atoms with van der Waals surface area (Å²) in [5, 5.41) is 14.4. The number of anilines is 1. The second-order valence-corrected chi connectivity index (χ2v) is 5.40. The van der Waals surface area contributed by atoms with Crippen LogP contribution in [0.2, 0.25) is 0 Å². The zero-order chi connectivity index (χ0) is 14.8. The van der Waals surface area contributed by atoms with Gasteiger partial charge in [-0.15, -0.1) is 0 Å². The monoisotopic (exact) mass is 283 g/mol. The fourth-order valence-electron chi connectivity index (χ4n) is 2.85. The van der Waals surface area contributed by atoms with Crippen LogP contribution in [0, 0.1) is 17.0 Å². The minimum atomic E-state index is -0.340. The van der Waals surface area contributed by atoms with Crippen molar-refractivity contribution in [3.63, 3.8) is 0 Å². The average Bonchev–Trinajstić information content (AvgIpc) is 2.49. The van der Waals surface area contributed by atoms with E-state index in [0.717, 1.165) is 30.6 Å². The lowest BCUT2D eigenvalue weighted by Crippen LogP contribution is -2.18. The van der Waals surface area contributed by atoms with Crippen molar-refractivity contribution in [2.24, 2.45) is 0 Å². The van der Waals surface area contributed by atoms with Crippen molar-refractivity contribution in [2.45, 2.75) is 32.2 Å². The first-order valence-electron chi connectivity index (χ1n) is 7.10. The van der Waals surface area contributed by atoms with Gasteiger partial charge in [-0.1, -0.05) is 12.1 Å². The molecule has 1 aromatic carbocycles. The minimum absolute atomic E-state index is 0.122. The zero-order valence-corrected chi connectivity index (χ0v) is 11.9. The van der Waals surface area contributed by atoms with Crippen molar-refractivity contribution >= 4 is 11.4 Å². The van der Waals surface area contributed by atoms with Gasteiger partial charge in [-0.3, -0.25) is 15.1 Å². The molecule has 1 N–H and O–H groups in total.